The number of likely N-dealkylation sites (tertiary alicyclic amines) is 1. The van der Waals surface area contributed by atoms with E-state index in [1.807, 2.05) is 30.3 Å². The minimum absolute atomic E-state index is 0.0181. The normalized spacial score (nSPS) is 16.2. The lowest BCUT2D eigenvalue weighted by Gasteiger charge is -2.33. The molecule has 36 heavy (non-hydrogen) atoms. The first-order valence-corrected chi connectivity index (χ1v) is 13.4. The molecule has 2 aromatic carbocycles. The van der Waals surface area contributed by atoms with Gasteiger partial charge in [0.1, 0.15) is 5.69 Å². The van der Waals surface area contributed by atoms with E-state index in [0.717, 1.165) is 6.42 Å². The van der Waals surface area contributed by atoms with E-state index in [9.17, 15) is 22.8 Å². The number of sulfonamides is 1. The van der Waals surface area contributed by atoms with Crippen molar-refractivity contribution in [1.29, 1.82) is 0 Å². The molecule has 190 valence electrons. The maximum atomic E-state index is 13.8. The second-order valence-electron chi connectivity index (χ2n) is 8.90. The third-order valence-corrected chi connectivity index (χ3v) is 7.92. The summed E-state index contributed by atoms with van der Waals surface area (Å²) >= 11 is 0. The van der Waals surface area contributed by atoms with Gasteiger partial charge in [0.15, 0.2) is 5.78 Å². The third kappa shape index (κ3) is 5.19. The Labute approximate surface area is 210 Å². The monoisotopic (exact) mass is 510 g/mol. The van der Waals surface area contributed by atoms with Crippen LogP contribution < -0.4 is 10.4 Å². The van der Waals surface area contributed by atoms with Crippen molar-refractivity contribution >= 4 is 21.7 Å². The molecule has 10 heteroatoms. The maximum absolute atomic E-state index is 13.8. The Morgan fingerprint density at radius 2 is 1.64 bits per heavy atom. The molecule has 1 unspecified atom stereocenters. The Bertz CT molecular complexity index is 1410. The predicted octanol–water partition coefficient (Wildman–Crippen LogP) is 2.68. The van der Waals surface area contributed by atoms with Gasteiger partial charge in [-0.3, -0.25) is 18.7 Å². The lowest BCUT2D eigenvalue weighted by atomic mass is 10.0. The Morgan fingerprint density at radius 3 is 2.25 bits per heavy atom. The van der Waals surface area contributed by atoms with Crippen LogP contribution in [0.5, 0.6) is 0 Å². The molecule has 0 bridgehead atoms. The molecule has 4 rings (SSSR count). The zero-order valence-electron chi connectivity index (χ0n) is 20.4. The minimum atomic E-state index is -3.77. The molecular weight excluding hydrogens is 480 g/mol. The summed E-state index contributed by atoms with van der Waals surface area (Å²) in [5.74, 6) is -0.356. The SMILES string of the molecule is CC(=O)c1c(-c2ccccc2)n(C2CCCN(C(C)=O)C2)c(=O)n1CCNS(=O)(=O)c1ccccc1. The summed E-state index contributed by atoms with van der Waals surface area (Å²) in [5, 5.41) is 0. The van der Waals surface area contributed by atoms with Gasteiger partial charge in [-0.2, -0.15) is 0 Å². The van der Waals surface area contributed by atoms with Crippen LogP contribution in [0.1, 0.15) is 43.2 Å². The Kier molecular flexibility index (Phi) is 7.56. The predicted molar refractivity (Wildman–Crippen MR) is 136 cm³/mol. The van der Waals surface area contributed by atoms with E-state index >= 15 is 0 Å². The lowest BCUT2D eigenvalue weighted by Crippen LogP contribution is -2.42. The molecule has 0 spiro atoms. The molecule has 1 fully saturated rings. The Balaban J connectivity index is 1.75. The van der Waals surface area contributed by atoms with E-state index in [-0.39, 0.29) is 41.4 Å². The Hall–Kier alpha value is -3.50. The number of amides is 1. The van der Waals surface area contributed by atoms with Gasteiger partial charge < -0.3 is 4.90 Å². The van der Waals surface area contributed by atoms with Gasteiger partial charge in [-0.25, -0.2) is 17.9 Å². The van der Waals surface area contributed by atoms with Gasteiger partial charge in [-0.05, 0) is 25.0 Å². The van der Waals surface area contributed by atoms with E-state index in [0.29, 0.717) is 30.8 Å². The topological polar surface area (TPSA) is 110 Å². The van der Waals surface area contributed by atoms with Crippen LogP contribution in [0.15, 0.2) is 70.4 Å². The quantitative estimate of drug-likeness (QED) is 0.469. The first kappa shape index (κ1) is 25.6. The van der Waals surface area contributed by atoms with Gasteiger partial charge in [-0.15, -0.1) is 0 Å². The lowest BCUT2D eigenvalue weighted by molar-refractivity contribution is -0.130. The molecule has 0 saturated carbocycles. The fraction of sp³-hybridized carbons (Fsp3) is 0.346. The standard InChI is InChI=1S/C26H30N4O5S/c1-19(31)24-25(21-10-5-3-6-11-21)30(22-12-9-16-28(18-22)20(2)32)26(33)29(24)17-15-27-36(34,35)23-13-7-4-8-14-23/h3-8,10-11,13-14,22,27H,9,12,15-18H2,1-2H3. The number of imidazole rings is 1. The second kappa shape index (κ2) is 10.6. The van der Waals surface area contributed by atoms with Gasteiger partial charge in [-0.1, -0.05) is 48.5 Å². The van der Waals surface area contributed by atoms with Crippen molar-refractivity contribution < 1.29 is 18.0 Å². The number of Topliss-reactive ketones (excluding diaryl/α,β-unsaturated/α-hetero) is 1. The fourth-order valence-electron chi connectivity index (χ4n) is 4.76. The number of rotatable bonds is 8. The first-order valence-electron chi connectivity index (χ1n) is 11.9. The number of carbonyl (C=O) groups excluding carboxylic acids is 2. The molecular formula is C26H30N4O5S. The highest BCUT2D eigenvalue weighted by Gasteiger charge is 2.31. The van der Waals surface area contributed by atoms with E-state index in [4.69, 9.17) is 0 Å². The molecule has 1 aromatic heterocycles. The summed E-state index contributed by atoms with van der Waals surface area (Å²) in [4.78, 5) is 40.6. The molecule has 3 aromatic rings. The third-order valence-electron chi connectivity index (χ3n) is 6.44. The van der Waals surface area contributed by atoms with Crippen molar-refractivity contribution in [3.8, 4) is 11.3 Å². The highest BCUT2D eigenvalue weighted by molar-refractivity contribution is 7.89. The molecule has 1 amide bonds. The van der Waals surface area contributed by atoms with E-state index < -0.39 is 15.7 Å². The van der Waals surface area contributed by atoms with Crippen molar-refractivity contribution in [2.45, 2.75) is 44.2 Å². The number of nitrogens with one attached hydrogen (secondary N) is 1. The van der Waals surface area contributed by atoms with Gasteiger partial charge in [0.2, 0.25) is 15.9 Å². The molecule has 1 aliphatic rings. The number of carbonyl (C=O) groups is 2. The minimum Gasteiger partial charge on any atom is -0.341 e. The number of hydrogen-bond acceptors (Lipinski definition) is 5. The van der Waals surface area contributed by atoms with Crippen LogP contribution in [0, 0.1) is 0 Å². The Morgan fingerprint density at radius 1 is 1.00 bits per heavy atom. The van der Waals surface area contributed by atoms with Crippen LogP contribution in [0.2, 0.25) is 0 Å². The molecule has 1 aliphatic heterocycles. The second-order valence-corrected chi connectivity index (χ2v) is 10.7. The number of benzene rings is 2. The number of hydrogen-bond donors (Lipinski definition) is 1. The summed E-state index contributed by atoms with van der Waals surface area (Å²) < 4.78 is 30.8. The van der Waals surface area contributed by atoms with Crippen molar-refractivity contribution in [2.75, 3.05) is 19.6 Å². The number of nitrogens with zero attached hydrogens (tertiary/aromatic N) is 3. The molecule has 1 atom stereocenters. The van der Waals surface area contributed by atoms with E-state index in [1.165, 1.54) is 30.5 Å². The highest BCUT2D eigenvalue weighted by Crippen LogP contribution is 2.30. The summed E-state index contributed by atoms with van der Waals surface area (Å²) in [7, 11) is -3.77. The first-order chi connectivity index (χ1) is 17.2. The van der Waals surface area contributed by atoms with Gasteiger partial charge >= 0.3 is 5.69 Å². The molecule has 1 N–H and O–H groups in total. The van der Waals surface area contributed by atoms with Crippen molar-refractivity contribution in [1.82, 2.24) is 18.8 Å². The van der Waals surface area contributed by atoms with Crippen molar-refractivity contribution in [2.24, 2.45) is 0 Å². The summed E-state index contributed by atoms with van der Waals surface area (Å²) in [6, 6.07) is 16.9. The zero-order valence-corrected chi connectivity index (χ0v) is 21.2. The zero-order chi connectivity index (χ0) is 25.9. The average molecular weight is 511 g/mol. The van der Waals surface area contributed by atoms with E-state index in [2.05, 4.69) is 4.72 Å². The van der Waals surface area contributed by atoms with Crippen LogP contribution in [-0.2, 0) is 21.4 Å². The van der Waals surface area contributed by atoms with Crippen molar-refractivity contribution in [3.63, 3.8) is 0 Å². The summed E-state index contributed by atoms with van der Waals surface area (Å²) in [6.07, 6.45) is 1.42. The van der Waals surface area contributed by atoms with Crippen LogP contribution in [-0.4, -0.2) is 53.8 Å². The number of aromatic nitrogens is 2. The van der Waals surface area contributed by atoms with Crippen LogP contribution in [0.25, 0.3) is 11.3 Å². The fourth-order valence-corrected chi connectivity index (χ4v) is 5.81. The van der Waals surface area contributed by atoms with Crippen LogP contribution >= 0.6 is 0 Å². The largest absolute Gasteiger partial charge is 0.341 e. The maximum Gasteiger partial charge on any atom is 0.329 e. The van der Waals surface area contributed by atoms with Crippen LogP contribution in [0.3, 0.4) is 0 Å². The molecule has 0 aliphatic carbocycles. The number of piperidine rings is 1. The number of ketones is 1. The smallest absolute Gasteiger partial charge is 0.329 e. The molecule has 9 nitrogen and oxygen atoms in total. The molecule has 1 saturated heterocycles. The molecule has 0 radical (unpaired) electrons. The van der Waals surface area contributed by atoms with E-state index in [1.54, 1.807) is 27.7 Å². The molecule has 2 heterocycles. The van der Waals surface area contributed by atoms with Crippen molar-refractivity contribution in [3.05, 3.63) is 76.8 Å². The van der Waals surface area contributed by atoms with Gasteiger partial charge in [0.05, 0.1) is 16.6 Å². The van der Waals surface area contributed by atoms with Gasteiger partial charge in [0.25, 0.3) is 0 Å². The summed E-state index contributed by atoms with van der Waals surface area (Å²) in [6.45, 7) is 3.82. The van der Waals surface area contributed by atoms with Crippen LogP contribution in [0.4, 0.5) is 0 Å². The summed E-state index contributed by atoms with van der Waals surface area (Å²) in [5.41, 5.74) is 1.04. The highest BCUT2D eigenvalue weighted by atomic mass is 32.2. The van der Waals surface area contributed by atoms with Gasteiger partial charge in [0, 0.05) is 45.6 Å². The average Bonchev–Trinajstić information content (AvgIpc) is 3.17.